The zero-order valence-electron chi connectivity index (χ0n) is 10.2. The molecule has 3 aromatic rings. The van der Waals surface area contributed by atoms with Crippen LogP contribution in [0.15, 0.2) is 48.9 Å². The molecular formula is C14H14N4. The van der Waals surface area contributed by atoms with Crippen molar-refractivity contribution in [2.45, 2.75) is 6.54 Å². The van der Waals surface area contributed by atoms with E-state index in [0.717, 1.165) is 23.1 Å². The molecule has 0 saturated heterocycles. The molecular weight excluding hydrogens is 224 g/mol. The Morgan fingerprint density at radius 3 is 2.94 bits per heavy atom. The maximum atomic E-state index is 4.46. The molecule has 0 bridgehead atoms. The van der Waals surface area contributed by atoms with Gasteiger partial charge in [-0.05, 0) is 24.7 Å². The Kier molecular flexibility index (Phi) is 2.78. The van der Waals surface area contributed by atoms with Gasteiger partial charge in [0.1, 0.15) is 0 Å². The fraction of sp³-hybridized carbons (Fsp3) is 0.143. The van der Waals surface area contributed by atoms with Gasteiger partial charge in [0.25, 0.3) is 0 Å². The van der Waals surface area contributed by atoms with E-state index in [9.17, 15) is 0 Å². The highest BCUT2D eigenvalue weighted by Crippen LogP contribution is 2.19. The third kappa shape index (κ3) is 1.76. The maximum absolute atomic E-state index is 4.46. The second-order valence-electron chi connectivity index (χ2n) is 4.15. The van der Waals surface area contributed by atoms with Crippen molar-refractivity contribution in [3.8, 4) is 5.69 Å². The van der Waals surface area contributed by atoms with Crippen LogP contribution in [0, 0.1) is 0 Å². The molecule has 1 aromatic carbocycles. The van der Waals surface area contributed by atoms with Crippen LogP contribution in [0.25, 0.3) is 16.6 Å². The van der Waals surface area contributed by atoms with Gasteiger partial charge in [0.2, 0.25) is 0 Å². The molecule has 0 spiro atoms. The molecule has 2 aromatic heterocycles. The number of nitrogens with one attached hydrogen (secondary N) is 1. The van der Waals surface area contributed by atoms with Crippen LogP contribution in [0.5, 0.6) is 0 Å². The topological polar surface area (TPSA) is 42.7 Å². The van der Waals surface area contributed by atoms with E-state index in [1.165, 1.54) is 5.56 Å². The quantitative estimate of drug-likeness (QED) is 0.760. The number of hydrogen-bond donors (Lipinski definition) is 1. The molecule has 90 valence electrons. The van der Waals surface area contributed by atoms with Crippen molar-refractivity contribution < 1.29 is 0 Å². The van der Waals surface area contributed by atoms with Crippen molar-refractivity contribution >= 4 is 10.9 Å². The summed E-state index contributed by atoms with van der Waals surface area (Å²) in [7, 11) is 1.94. The van der Waals surface area contributed by atoms with Gasteiger partial charge in [0, 0.05) is 18.1 Å². The van der Waals surface area contributed by atoms with Gasteiger partial charge in [-0.15, -0.1) is 0 Å². The van der Waals surface area contributed by atoms with Crippen LogP contribution in [0.3, 0.4) is 0 Å². The standard InChI is InChI=1S/C14H14N4/c1-15-8-12-6-7-16-10-14(12)18-13-5-3-2-4-11(13)9-17-18/h2-7,9-10,15H,8H2,1H3. The summed E-state index contributed by atoms with van der Waals surface area (Å²) in [5.74, 6) is 0. The van der Waals surface area contributed by atoms with Crippen LogP contribution in [0.4, 0.5) is 0 Å². The molecule has 0 amide bonds. The van der Waals surface area contributed by atoms with Gasteiger partial charge < -0.3 is 5.32 Å². The van der Waals surface area contributed by atoms with Crippen molar-refractivity contribution in [3.05, 3.63) is 54.5 Å². The molecule has 0 atom stereocenters. The summed E-state index contributed by atoms with van der Waals surface area (Å²) < 4.78 is 1.94. The van der Waals surface area contributed by atoms with Crippen LogP contribution < -0.4 is 5.32 Å². The molecule has 0 saturated carbocycles. The lowest BCUT2D eigenvalue weighted by Gasteiger charge is -2.09. The van der Waals surface area contributed by atoms with Crippen LogP contribution >= 0.6 is 0 Å². The number of benzene rings is 1. The number of fused-ring (bicyclic) bond motifs is 1. The lowest BCUT2D eigenvalue weighted by molar-refractivity contribution is 0.792. The summed E-state index contributed by atoms with van der Waals surface area (Å²) in [5.41, 5.74) is 3.30. The van der Waals surface area contributed by atoms with Crippen LogP contribution in [-0.4, -0.2) is 21.8 Å². The predicted octanol–water partition coefficient (Wildman–Crippen LogP) is 2.14. The Labute approximate surface area is 105 Å². The highest BCUT2D eigenvalue weighted by molar-refractivity contribution is 5.80. The molecule has 0 aliphatic carbocycles. The van der Waals surface area contributed by atoms with Crippen molar-refractivity contribution in [3.63, 3.8) is 0 Å². The first-order chi connectivity index (χ1) is 8.90. The number of para-hydroxylation sites is 1. The minimum absolute atomic E-state index is 0.798. The number of aromatic nitrogens is 3. The molecule has 3 rings (SSSR count). The molecule has 0 radical (unpaired) electrons. The first kappa shape index (κ1) is 10.9. The number of nitrogens with zero attached hydrogens (tertiary/aromatic N) is 3. The molecule has 0 fully saturated rings. The summed E-state index contributed by atoms with van der Waals surface area (Å²) in [6.07, 6.45) is 5.54. The van der Waals surface area contributed by atoms with Crippen LogP contribution in [-0.2, 0) is 6.54 Å². The zero-order chi connectivity index (χ0) is 12.4. The number of pyridine rings is 1. The Bertz CT molecular complexity index is 672. The zero-order valence-corrected chi connectivity index (χ0v) is 10.2. The van der Waals surface area contributed by atoms with Crippen molar-refractivity contribution in [2.24, 2.45) is 0 Å². The average Bonchev–Trinajstić information content (AvgIpc) is 2.84. The number of hydrogen-bond acceptors (Lipinski definition) is 3. The Balaban J connectivity index is 2.20. The van der Waals surface area contributed by atoms with E-state index >= 15 is 0 Å². The van der Waals surface area contributed by atoms with Gasteiger partial charge in [-0.1, -0.05) is 18.2 Å². The van der Waals surface area contributed by atoms with Gasteiger partial charge in [-0.3, -0.25) is 4.98 Å². The molecule has 0 aliphatic heterocycles. The largest absolute Gasteiger partial charge is 0.316 e. The van der Waals surface area contributed by atoms with E-state index in [1.54, 1.807) is 0 Å². The fourth-order valence-corrected chi connectivity index (χ4v) is 2.11. The summed E-state index contributed by atoms with van der Waals surface area (Å²) in [4.78, 5) is 4.20. The first-order valence-corrected chi connectivity index (χ1v) is 5.91. The second kappa shape index (κ2) is 4.58. The van der Waals surface area contributed by atoms with Crippen LogP contribution in [0.2, 0.25) is 0 Å². The molecule has 1 N–H and O–H groups in total. The van der Waals surface area contributed by atoms with Gasteiger partial charge in [-0.25, -0.2) is 4.68 Å². The molecule has 18 heavy (non-hydrogen) atoms. The minimum Gasteiger partial charge on any atom is -0.316 e. The molecule has 4 nitrogen and oxygen atoms in total. The highest BCUT2D eigenvalue weighted by Gasteiger charge is 2.08. The van der Waals surface area contributed by atoms with Gasteiger partial charge in [0.15, 0.2) is 0 Å². The SMILES string of the molecule is CNCc1ccncc1-n1ncc2ccccc21. The smallest absolute Gasteiger partial charge is 0.0880 e. The Hall–Kier alpha value is -2.20. The molecule has 0 unspecified atom stereocenters. The summed E-state index contributed by atoms with van der Waals surface area (Å²) >= 11 is 0. The van der Waals surface area contributed by atoms with Crippen LogP contribution in [0.1, 0.15) is 5.56 Å². The monoisotopic (exact) mass is 238 g/mol. The van der Waals surface area contributed by atoms with E-state index in [4.69, 9.17) is 0 Å². The Morgan fingerprint density at radius 1 is 1.17 bits per heavy atom. The van der Waals surface area contributed by atoms with Gasteiger partial charge in [-0.2, -0.15) is 5.10 Å². The normalized spacial score (nSPS) is 10.9. The van der Waals surface area contributed by atoms with E-state index in [-0.39, 0.29) is 0 Å². The van der Waals surface area contributed by atoms with Crippen molar-refractivity contribution in [2.75, 3.05) is 7.05 Å². The first-order valence-electron chi connectivity index (χ1n) is 5.91. The van der Waals surface area contributed by atoms with Crippen molar-refractivity contribution in [1.82, 2.24) is 20.1 Å². The third-order valence-corrected chi connectivity index (χ3v) is 2.96. The Morgan fingerprint density at radius 2 is 2.06 bits per heavy atom. The lowest BCUT2D eigenvalue weighted by Crippen LogP contribution is -2.10. The molecule has 0 aliphatic rings. The summed E-state index contributed by atoms with van der Waals surface area (Å²) in [6, 6.07) is 10.2. The van der Waals surface area contributed by atoms with E-state index in [2.05, 4.69) is 27.5 Å². The van der Waals surface area contributed by atoms with Crippen molar-refractivity contribution in [1.29, 1.82) is 0 Å². The lowest BCUT2D eigenvalue weighted by atomic mass is 10.2. The minimum atomic E-state index is 0.798. The van der Waals surface area contributed by atoms with E-state index in [0.29, 0.717) is 0 Å². The third-order valence-electron chi connectivity index (χ3n) is 2.96. The van der Waals surface area contributed by atoms with Gasteiger partial charge in [0.05, 0.1) is 23.6 Å². The van der Waals surface area contributed by atoms with E-state index < -0.39 is 0 Å². The molecule has 2 heterocycles. The molecule has 4 heteroatoms. The second-order valence-corrected chi connectivity index (χ2v) is 4.15. The fourth-order valence-electron chi connectivity index (χ4n) is 2.11. The average molecular weight is 238 g/mol. The van der Waals surface area contributed by atoms with E-state index in [1.807, 2.05) is 48.5 Å². The maximum Gasteiger partial charge on any atom is 0.0880 e. The van der Waals surface area contributed by atoms with Gasteiger partial charge >= 0.3 is 0 Å². The summed E-state index contributed by atoms with van der Waals surface area (Å²) in [5, 5.41) is 8.76. The summed E-state index contributed by atoms with van der Waals surface area (Å²) in [6.45, 7) is 0.798. The number of rotatable bonds is 3. The predicted molar refractivity (Wildman–Crippen MR) is 71.6 cm³/mol. The highest BCUT2D eigenvalue weighted by atomic mass is 15.3.